The van der Waals surface area contributed by atoms with Crippen LogP contribution in [-0.4, -0.2) is 36.1 Å². The van der Waals surface area contributed by atoms with E-state index in [1.165, 1.54) is 4.90 Å². The Morgan fingerprint density at radius 2 is 2.19 bits per heavy atom. The maximum absolute atomic E-state index is 12.0. The van der Waals surface area contributed by atoms with Gasteiger partial charge < -0.3 is 10.6 Å². The van der Waals surface area contributed by atoms with Gasteiger partial charge in [0.2, 0.25) is 5.91 Å². The van der Waals surface area contributed by atoms with Gasteiger partial charge in [0.25, 0.3) is 0 Å². The molecule has 0 spiro atoms. The predicted molar refractivity (Wildman–Crippen MR) is 53.6 cm³/mol. The van der Waals surface area contributed by atoms with Gasteiger partial charge in [0, 0.05) is 19.1 Å². The molecule has 2 unspecified atom stereocenters. The van der Waals surface area contributed by atoms with E-state index in [2.05, 4.69) is 0 Å². The molecule has 3 nitrogen and oxygen atoms in total. The first-order valence-corrected chi connectivity index (χ1v) is 5.39. The topological polar surface area (TPSA) is 46.3 Å². The highest BCUT2D eigenvalue weighted by Crippen LogP contribution is 2.24. The molecule has 6 heteroatoms. The van der Waals surface area contributed by atoms with Crippen LogP contribution < -0.4 is 5.73 Å². The smallest absolute Gasteiger partial charge is 0.342 e. The quantitative estimate of drug-likeness (QED) is 0.793. The van der Waals surface area contributed by atoms with Crippen LogP contribution in [0.4, 0.5) is 13.2 Å². The second-order valence-electron chi connectivity index (χ2n) is 4.39. The van der Waals surface area contributed by atoms with Gasteiger partial charge >= 0.3 is 6.18 Å². The van der Waals surface area contributed by atoms with Crippen molar-refractivity contribution in [1.82, 2.24) is 4.90 Å². The molecule has 0 saturated carbocycles. The summed E-state index contributed by atoms with van der Waals surface area (Å²) in [5.41, 5.74) is 5.70. The maximum atomic E-state index is 12.0. The maximum Gasteiger partial charge on any atom is 0.397 e. The van der Waals surface area contributed by atoms with Crippen molar-refractivity contribution in [3.63, 3.8) is 0 Å². The fourth-order valence-electron chi connectivity index (χ4n) is 1.95. The lowest BCUT2D eigenvalue weighted by Gasteiger charge is -2.34. The predicted octanol–water partition coefficient (Wildman–Crippen LogP) is 1.52. The summed E-state index contributed by atoms with van der Waals surface area (Å²) in [5.74, 6) is -0.719. The van der Waals surface area contributed by atoms with Gasteiger partial charge in [0.05, 0.1) is 0 Å². The Morgan fingerprint density at radius 3 is 2.69 bits per heavy atom. The molecule has 0 aromatic heterocycles. The molecule has 2 atom stereocenters. The molecule has 0 aliphatic carbocycles. The first-order valence-electron chi connectivity index (χ1n) is 5.39. The zero-order valence-electron chi connectivity index (χ0n) is 9.26. The fourth-order valence-corrected chi connectivity index (χ4v) is 1.95. The molecule has 0 radical (unpaired) electrons. The second kappa shape index (κ2) is 5.03. The summed E-state index contributed by atoms with van der Waals surface area (Å²) in [6.07, 6.45) is -4.17. The van der Waals surface area contributed by atoms with Gasteiger partial charge in [-0.3, -0.25) is 4.79 Å². The minimum absolute atomic E-state index is 0.0820. The van der Waals surface area contributed by atoms with E-state index in [4.69, 9.17) is 5.73 Å². The molecular weight excluding hydrogens is 221 g/mol. The number of nitrogens with zero attached hydrogens (tertiary/aromatic N) is 1. The minimum Gasteiger partial charge on any atom is -0.342 e. The Hall–Kier alpha value is -0.780. The molecular formula is C10H17F3N2O. The van der Waals surface area contributed by atoms with Crippen molar-refractivity contribution in [2.45, 2.75) is 38.4 Å². The van der Waals surface area contributed by atoms with Crippen molar-refractivity contribution in [1.29, 1.82) is 0 Å². The van der Waals surface area contributed by atoms with Gasteiger partial charge in [0.1, 0.15) is 6.42 Å². The first kappa shape index (κ1) is 13.3. The molecule has 0 bridgehead atoms. The van der Waals surface area contributed by atoms with E-state index >= 15 is 0 Å². The van der Waals surface area contributed by atoms with Gasteiger partial charge in [-0.1, -0.05) is 0 Å². The Balaban J connectivity index is 2.50. The number of amides is 1. The van der Waals surface area contributed by atoms with Gasteiger partial charge in [0.15, 0.2) is 0 Å². The standard InChI is InChI=1S/C10H17F3N2O/c1-7(14)8-3-2-4-15(6-8)9(16)5-10(11,12)13/h7-8H,2-6,14H2,1H3. The van der Waals surface area contributed by atoms with Crippen LogP contribution in [-0.2, 0) is 4.79 Å². The summed E-state index contributed by atoms with van der Waals surface area (Å²) in [4.78, 5) is 12.6. The number of halogens is 3. The van der Waals surface area contributed by atoms with E-state index in [0.29, 0.717) is 13.1 Å². The third-order valence-corrected chi connectivity index (χ3v) is 2.91. The average molecular weight is 238 g/mol. The molecule has 94 valence electrons. The summed E-state index contributed by atoms with van der Waals surface area (Å²) >= 11 is 0. The molecule has 1 aliphatic heterocycles. The lowest BCUT2D eigenvalue weighted by atomic mass is 9.92. The third kappa shape index (κ3) is 4.00. The number of likely N-dealkylation sites (tertiary alicyclic amines) is 1. The lowest BCUT2D eigenvalue weighted by molar-refractivity contribution is -0.162. The first-order chi connectivity index (χ1) is 7.29. The van der Waals surface area contributed by atoms with E-state index in [0.717, 1.165) is 12.8 Å². The van der Waals surface area contributed by atoms with Gasteiger partial charge in [-0.25, -0.2) is 0 Å². The normalized spacial score (nSPS) is 24.3. The summed E-state index contributed by atoms with van der Waals surface area (Å²) in [7, 11) is 0. The summed E-state index contributed by atoms with van der Waals surface area (Å²) in [6, 6.07) is -0.0820. The Kier molecular flexibility index (Phi) is 4.18. The van der Waals surface area contributed by atoms with Crippen LogP contribution in [0.1, 0.15) is 26.2 Å². The zero-order chi connectivity index (χ0) is 12.3. The summed E-state index contributed by atoms with van der Waals surface area (Å²) < 4.78 is 36.1. The van der Waals surface area contributed by atoms with E-state index in [-0.39, 0.29) is 12.0 Å². The van der Waals surface area contributed by atoms with Crippen molar-refractivity contribution in [3.05, 3.63) is 0 Å². The molecule has 0 aromatic rings. The van der Waals surface area contributed by atoms with Crippen LogP contribution in [0.3, 0.4) is 0 Å². The van der Waals surface area contributed by atoms with Crippen molar-refractivity contribution in [3.8, 4) is 0 Å². The van der Waals surface area contributed by atoms with Gasteiger partial charge in [-0.15, -0.1) is 0 Å². The highest BCUT2D eigenvalue weighted by Gasteiger charge is 2.35. The number of rotatable bonds is 2. The third-order valence-electron chi connectivity index (χ3n) is 2.91. The Labute approximate surface area is 92.8 Å². The zero-order valence-corrected chi connectivity index (χ0v) is 9.26. The largest absolute Gasteiger partial charge is 0.397 e. The van der Waals surface area contributed by atoms with Crippen LogP contribution in [0.25, 0.3) is 0 Å². The number of carbonyl (C=O) groups is 1. The molecule has 1 saturated heterocycles. The number of hydrogen-bond acceptors (Lipinski definition) is 2. The van der Waals surface area contributed by atoms with Gasteiger partial charge in [-0.2, -0.15) is 13.2 Å². The van der Waals surface area contributed by atoms with E-state index in [9.17, 15) is 18.0 Å². The Bertz CT molecular complexity index is 253. The number of piperidine rings is 1. The molecule has 1 amide bonds. The molecule has 0 aromatic carbocycles. The second-order valence-corrected chi connectivity index (χ2v) is 4.39. The molecule has 1 heterocycles. The summed E-state index contributed by atoms with van der Waals surface area (Å²) in [5, 5.41) is 0. The molecule has 1 rings (SSSR count). The average Bonchev–Trinajstić information content (AvgIpc) is 2.15. The SMILES string of the molecule is CC(N)C1CCCN(C(=O)CC(F)(F)F)C1. The minimum atomic E-state index is -4.42. The molecule has 2 N–H and O–H groups in total. The van der Waals surface area contributed by atoms with Crippen molar-refractivity contribution in [2.24, 2.45) is 11.7 Å². The number of alkyl halides is 3. The van der Waals surface area contributed by atoms with Crippen LogP contribution >= 0.6 is 0 Å². The highest BCUT2D eigenvalue weighted by molar-refractivity contribution is 5.76. The van der Waals surface area contributed by atoms with Crippen LogP contribution in [0.15, 0.2) is 0 Å². The van der Waals surface area contributed by atoms with Crippen LogP contribution in [0.2, 0.25) is 0 Å². The van der Waals surface area contributed by atoms with Gasteiger partial charge in [-0.05, 0) is 25.7 Å². The number of carbonyl (C=O) groups excluding carboxylic acids is 1. The fraction of sp³-hybridized carbons (Fsp3) is 0.900. The van der Waals surface area contributed by atoms with E-state index < -0.39 is 18.5 Å². The van der Waals surface area contributed by atoms with Crippen LogP contribution in [0.5, 0.6) is 0 Å². The lowest BCUT2D eigenvalue weighted by Crippen LogP contribution is -2.46. The summed E-state index contributed by atoms with van der Waals surface area (Å²) in [6.45, 7) is 2.59. The number of nitrogens with two attached hydrogens (primary N) is 1. The number of hydrogen-bond donors (Lipinski definition) is 1. The van der Waals surface area contributed by atoms with E-state index in [1.54, 1.807) is 0 Å². The Morgan fingerprint density at radius 1 is 1.56 bits per heavy atom. The van der Waals surface area contributed by atoms with Crippen molar-refractivity contribution in [2.75, 3.05) is 13.1 Å². The monoisotopic (exact) mass is 238 g/mol. The molecule has 16 heavy (non-hydrogen) atoms. The molecule has 1 aliphatic rings. The van der Waals surface area contributed by atoms with Crippen molar-refractivity contribution >= 4 is 5.91 Å². The van der Waals surface area contributed by atoms with Crippen LogP contribution in [0, 0.1) is 5.92 Å². The van der Waals surface area contributed by atoms with E-state index in [1.807, 2.05) is 6.92 Å². The highest BCUT2D eigenvalue weighted by atomic mass is 19.4. The van der Waals surface area contributed by atoms with Crippen molar-refractivity contribution < 1.29 is 18.0 Å². The molecule has 1 fully saturated rings.